The second-order valence-electron chi connectivity index (χ2n) is 5.78. The van der Waals surface area contributed by atoms with Gasteiger partial charge in [-0.2, -0.15) is 0 Å². The van der Waals surface area contributed by atoms with E-state index in [1.54, 1.807) is 25.2 Å². The lowest BCUT2D eigenvalue weighted by molar-refractivity contribution is 0.191. The molecule has 2 rings (SSSR count). The van der Waals surface area contributed by atoms with Gasteiger partial charge in [-0.1, -0.05) is 19.1 Å². The normalized spacial score (nSPS) is 20.4. The summed E-state index contributed by atoms with van der Waals surface area (Å²) >= 11 is 0. The number of guanidine groups is 1. The topological polar surface area (TPSA) is 79.8 Å². The van der Waals surface area contributed by atoms with Crippen molar-refractivity contribution in [2.24, 2.45) is 4.99 Å². The summed E-state index contributed by atoms with van der Waals surface area (Å²) in [5.41, 5.74) is 0. The van der Waals surface area contributed by atoms with E-state index in [2.05, 4.69) is 15.6 Å². The van der Waals surface area contributed by atoms with Crippen LogP contribution in [-0.2, 0) is 9.84 Å². The molecule has 0 saturated carbocycles. The number of rotatable bonds is 6. The van der Waals surface area contributed by atoms with E-state index >= 15 is 0 Å². The molecule has 9 heteroatoms. The Labute approximate surface area is 165 Å². The van der Waals surface area contributed by atoms with E-state index in [1.165, 1.54) is 6.07 Å². The smallest absolute Gasteiger partial charge is 0.191 e. The summed E-state index contributed by atoms with van der Waals surface area (Å²) in [6, 6.07) is 6.15. The minimum absolute atomic E-state index is 0. The fourth-order valence-electron chi connectivity index (χ4n) is 2.50. The van der Waals surface area contributed by atoms with Gasteiger partial charge in [-0.3, -0.25) is 4.99 Å². The number of halogens is 2. The van der Waals surface area contributed by atoms with Gasteiger partial charge < -0.3 is 15.4 Å². The summed E-state index contributed by atoms with van der Waals surface area (Å²) in [4.78, 5) is 4.10. The summed E-state index contributed by atoms with van der Waals surface area (Å²) in [5, 5.41) is 6.22. The monoisotopic (exact) mass is 485 g/mol. The van der Waals surface area contributed by atoms with Gasteiger partial charge in [0.2, 0.25) is 0 Å². The third-order valence-electron chi connectivity index (χ3n) is 3.88. The molecule has 0 spiro atoms. The maximum Gasteiger partial charge on any atom is 0.191 e. The van der Waals surface area contributed by atoms with E-state index < -0.39 is 15.7 Å². The first-order valence-electron chi connectivity index (χ1n) is 8.02. The van der Waals surface area contributed by atoms with Crippen molar-refractivity contribution in [2.45, 2.75) is 31.9 Å². The maximum absolute atomic E-state index is 13.7. The highest BCUT2D eigenvalue weighted by Gasteiger charge is 2.28. The number of para-hydroxylation sites is 1. The van der Waals surface area contributed by atoms with Crippen LogP contribution in [0.5, 0.6) is 5.75 Å². The zero-order valence-corrected chi connectivity index (χ0v) is 17.5. The second-order valence-corrected chi connectivity index (χ2v) is 8.00. The van der Waals surface area contributed by atoms with E-state index in [0.29, 0.717) is 25.3 Å². The van der Waals surface area contributed by atoms with Crippen molar-refractivity contribution in [1.82, 2.24) is 10.6 Å². The Bertz CT molecular complexity index is 685. The molecule has 2 unspecified atom stereocenters. The van der Waals surface area contributed by atoms with E-state index in [1.807, 2.05) is 6.92 Å². The van der Waals surface area contributed by atoms with Crippen molar-refractivity contribution in [3.8, 4) is 5.75 Å². The molecule has 1 aliphatic heterocycles. The van der Waals surface area contributed by atoms with Crippen molar-refractivity contribution in [1.29, 1.82) is 0 Å². The largest absolute Gasteiger partial charge is 0.486 e. The third-order valence-corrected chi connectivity index (χ3v) is 5.65. The van der Waals surface area contributed by atoms with Crippen LogP contribution in [-0.4, -0.2) is 51.6 Å². The highest BCUT2D eigenvalue weighted by atomic mass is 127. The van der Waals surface area contributed by atoms with Crippen molar-refractivity contribution in [3.63, 3.8) is 0 Å². The molecule has 0 bridgehead atoms. The molecule has 1 aromatic carbocycles. The lowest BCUT2D eigenvalue weighted by Gasteiger charge is -2.21. The second kappa shape index (κ2) is 10.1. The van der Waals surface area contributed by atoms with Crippen molar-refractivity contribution >= 4 is 39.8 Å². The van der Waals surface area contributed by atoms with Crippen molar-refractivity contribution < 1.29 is 17.5 Å². The minimum Gasteiger partial charge on any atom is -0.486 e. The molecule has 1 aliphatic rings. The van der Waals surface area contributed by atoms with Gasteiger partial charge in [-0.05, 0) is 25.0 Å². The zero-order valence-electron chi connectivity index (χ0n) is 14.4. The Morgan fingerprint density at radius 3 is 2.72 bits per heavy atom. The number of nitrogens with one attached hydrogen (secondary N) is 2. The third kappa shape index (κ3) is 6.96. The fraction of sp³-hybridized carbons (Fsp3) is 0.562. The van der Waals surface area contributed by atoms with Gasteiger partial charge in [-0.15, -0.1) is 24.0 Å². The molecule has 0 amide bonds. The number of hydrogen-bond acceptors (Lipinski definition) is 4. The first-order chi connectivity index (χ1) is 11.4. The average molecular weight is 485 g/mol. The maximum atomic E-state index is 13.7. The quantitative estimate of drug-likeness (QED) is 0.366. The Kier molecular flexibility index (Phi) is 8.91. The molecular formula is C16H25FIN3O3S. The van der Waals surface area contributed by atoms with Gasteiger partial charge >= 0.3 is 0 Å². The number of ether oxygens (including phenoxy) is 1. The van der Waals surface area contributed by atoms with E-state index in [4.69, 9.17) is 4.74 Å². The Morgan fingerprint density at radius 1 is 1.44 bits per heavy atom. The molecular weight excluding hydrogens is 460 g/mol. The first-order valence-corrected chi connectivity index (χ1v) is 9.84. The summed E-state index contributed by atoms with van der Waals surface area (Å²) in [7, 11) is -1.32. The molecule has 1 aromatic rings. The van der Waals surface area contributed by atoms with Crippen LogP contribution in [0.15, 0.2) is 29.3 Å². The van der Waals surface area contributed by atoms with Crippen LogP contribution in [0.3, 0.4) is 0 Å². The average Bonchev–Trinajstić information content (AvgIpc) is 2.90. The molecule has 0 aliphatic carbocycles. The molecule has 2 N–H and O–H groups in total. The molecule has 0 aromatic heterocycles. The van der Waals surface area contributed by atoms with Gasteiger partial charge in [0.25, 0.3) is 0 Å². The van der Waals surface area contributed by atoms with Gasteiger partial charge in [0.15, 0.2) is 27.4 Å². The van der Waals surface area contributed by atoms with Crippen LogP contribution in [0.4, 0.5) is 4.39 Å². The molecule has 1 saturated heterocycles. The molecule has 2 atom stereocenters. The van der Waals surface area contributed by atoms with Gasteiger partial charge in [0.05, 0.1) is 18.1 Å². The molecule has 1 heterocycles. The van der Waals surface area contributed by atoms with Crippen LogP contribution in [0.1, 0.15) is 19.8 Å². The number of hydrogen-bond donors (Lipinski definition) is 2. The van der Waals surface area contributed by atoms with Crippen LogP contribution in [0.25, 0.3) is 0 Å². The van der Waals surface area contributed by atoms with Crippen molar-refractivity contribution in [3.05, 3.63) is 30.1 Å². The molecule has 0 radical (unpaired) electrons. The number of nitrogens with zero attached hydrogens (tertiary/aromatic N) is 1. The first kappa shape index (κ1) is 21.9. The fourth-order valence-corrected chi connectivity index (χ4v) is 4.17. The predicted molar refractivity (Wildman–Crippen MR) is 108 cm³/mol. The van der Waals surface area contributed by atoms with Crippen LogP contribution in [0.2, 0.25) is 0 Å². The Hall–Kier alpha value is -1.10. The summed E-state index contributed by atoms with van der Waals surface area (Å²) in [6.07, 6.45) is 1.04. The SMILES string of the molecule is CCC(CNC(=NC)NC1CCS(=O)(=O)C1)Oc1ccccc1F.I. The zero-order chi connectivity index (χ0) is 17.6. The summed E-state index contributed by atoms with van der Waals surface area (Å²) < 4.78 is 42.3. The lowest BCUT2D eigenvalue weighted by Crippen LogP contribution is -2.46. The van der Waals surface area contributed by atoms with Crippen LogP contribution in [0, 0.1) is 5.82 Å². The van der Waals surface area contributed by atoms with Gasteiger partial charge in [0.1, 0.15) is 6.10 Å². The highest BCUT2D eigenvalue weighted by molar-refractivity contribution is 14.0. The Balaban J connectivity index is 0.00000312. The molecule has 1 fully saturated rings. The minimum atomic E-state index is -2.94. The van der Waals surface area contributed by atoms with E-state index in [-0.39, 0.29) is 53.4 Å². The van der Waals surface area contributed by atoms with Gasteiger partial charge in [0, 0.05) is 13.1 Å². The standard InChI is InChI=1S/C16H24FN3O3S.HI/c1-3-13(23-15-7-5-4-6-14(15)17)10-19-16(18-2)20-12-8-9-24(21,22)11-12;/h4-7,12-13H,3,8-11H2,1-2H3,(H2,18,19,20);1H. The van der Waals surface area contributed by atoms with Crippen LogP contribution >= 0.6 is 24.0 Å². The summed E-state index contributed by atoms with van der Waals surface area (Å²) in [5.74, 6) is 0.671. The number of benzene rings is 1. The number of sulfone groups is 1. The van der Waals surface area contributed by atoms with Gasteiger partial charge in [-0.25, -0.2) is 12.8 Å². The lowest BCUT2D eigenvalue weighted by atomic mass is 10.2. The van der Waals surface area contributed by atoms with E-state index in [9.17, 15) is 12.8 Å². The Morgan fingerprint density at radius 2 is 2.16 bits per heavy atom. The summed E-state index contributed by atoms with van der Waals surface area (Å²) in [6.45, 7) is 2.39. The van der Waals surface area contributed by atoms with Crippen LogP contribution < -0.4 is 15.4 Å². The number of aliphatic imine (C=N–C) groups is 1. The van der Waals surface area contributed by atoms with E-state index in [0.717, 1.165) is 0 Å². The molecule has 142 valence electrons. The molecule has 25 heavy (non-hydrogen) atoms. The predicted octanol–water partition coefficient (Wildman–Crippen LogP) is 1.95. The molecule has 6 nitrogen and oxygen atoms in total. The van der Waals surface area contributed by atoms with Crippen molar-refractivity contribution in [2.75, 3.05) is 25.1 Å². The highest BCUT2D eigenvalue weighted by Crippen LogP contribution is 2.17.